The van der Waals surface area contributed by atoms with Crippen LogP contribution in [-0.2, 0) is 4.79 Å². The molecule has 0 spiro atoms. The van der Waals surface area contributed by atoms with Gasteiger partial charge in [0.1, 0.15) is 11.5 Å². The van der Waals surface area contributed by atoms with Crippen LogP contribution in [0.15, 0.2) is 42.5 Å². The van der Waals surface area contributed by atoms with Gasteiger partial charge in [-0.05, 0) is 60.9 Å². The lowest BCUT2D eigenvalue weighted by atomic mass is 9.98. The van der Waals surface area contributed by atoms with E-state index in [0.29, 0.717) is 17.9 Å². The average Bonchev–Trinajstić information content (AvgIpc) is 2.53. The van der Waals surface area contributed by atoms with E-state index in [2.05, 4.69) is 0 Å². The molecule has 0 saturated heterocycles. The van der Waals surface area contributed by atoms with E-state index >= 15 is 0 Å². The van der Waals surface area contributed by atoms with Crippen molar-refractivity contribution >= 4 is 17.6 Å². The normalized spacial score (nSPS) is 11.2. The summed E-state index contributed by atoms with van der Waals surface area (Å²) in [5.74, 6) is 0.451. The zero-order valence-electron chi connectivity index (χ0n) is 13.5. The van der Waals surface area contributed by atoms with Crippen LogP contribution in [0, 0.1) is 6.92 Å². The van der Waals surface area contributed by atoms with Gasteiger partial charge in [-0.1, -0.05) is 18.2 Å². The van der Waals surface area contributed by atoms with Gasteiger partial charge < -0.3 is 14.6 Å². The lowest BCUT2D eigenvalue weighted by Gasteiger charge is -2.10. The van der Waals surface area contributed by atoms with Gasteiger partial charge in [0.05, 0.1) is 19.3 Å². The number of carboxylic acid groups (broad SMARTS) is 1. The molecule has 0 aliphatic heterocycles. The van der Waals surface area contributed by atoms with Gasteiger partial charge in [-0.15, -0.1) is 0 Å². The number of carboxylic acids is 1. The standard InChI is InChI=1S/C19H20O4/c1-4-23-16-8-9-17(13(2)10-16)18(19(20)21)12-14-6-5-7-15(11-14)22-3/h5-12H,4H2,1-3H3,(H,20,21)/b18-12-. The first-order chi connectivity index (χ1) is 11.0. The van der Waals surface area contributed by atoms with Crippen molar-refractivity contribution in [2.45, 2.75) is 13.8 Å². The lowest BCUT2D eigenvalue weighted by Crippen LogP contribution is -2.02. The zero-order chi connectivity index (χ0) is 16.8. The molecule has 4 heteroatoms. The van der Waals surface area contributed by atoms with Crippen LogP contribution in [0.25, 0.3) is 11.6 Å². The maximum Gasteiger partial charge on any atom is 0.336 e. The van der Waals surface area contributed by atoms with E-state index in [0.717, 1.165) is 16.9 Å². The van der Waals surface area contributed by atoms with E-state index in [9.17, 15) is 9.90 Å². The van der Waals surface area contributed by atoms with Crippen molar-refractivity contribution in [1.82, 2.24) is 0 Å². The molecule has 0 aliphatic rings. The first kappa shape index (κ1) is 16.6. The first-order valence-electron chi connectivity index (χ1n) is 7.38. The van der Waals surface area contributed by atoms with Gasteiger partial charge in [-0.25, -0.2) is 4.79 Å². The molecule has 0 heterocycles. The first-order valence-corrected chi connectivity index (χ1v) is 7.38. The third kappa shape index (κ3) is 4.13. The molecule has 0 unspecified atom stereocenters. The fourth-order valence-corrected chi connectivity index (χ4v) is 2.35. The maximum absolute atomic E-state index is 11.7. The summed E-state index contributed by atoms with van der Waals surface area (Å²) in [4.78, 5) is 11.7. The molecule has 0 atom stereocenters. The van der Waals surface area contributed by atoms with Crippen LogP contribution in [0.5, 0.6) is 11.5 Å². The molecule has 4 nitrogen and oxygen atoms in total. The Morgan fingerprint density at radius 1 is 1.17 bits per heavy atom. The molecule has 0 saturated carbocycles. The average molecular weight is 312 g/mol. The zero-order valence-corrected chi connectivity index (χ0v) is 13.5. The minimum absolute atomic E-state index is 0.235. The number of hydrogen-bond acceptors (Lipinski definition) is 3. The Labute approximate surface area is 136 Å². The second-order valence-electron chi connectivity index (χ2n) is 5.05. The van der Waals surface area contributed by atoms with Crippen molar-refractivity contribution in [2.75, 3.05) is 13.7 Å². The van der Waals surface area contributed by atoms with Crippen molar-refractivity contribution in [3.63, 3.8) is 0 Å². The maximum atomic E-state index is 11.7. The summed E-state index contributed by atoms with van der Waals surface area (Å²) in [6.45, 7) is 4.36. The number of hydrogen-bond donors (Lipinski definition) is 1. The van der Waals surface area contributed by atoms with Crippen LogP contribution in [-0.4, -0.2) is 24.8 Å². The number of methoxy groups -OCH3 is 1. The van der Waals surface area contributed by atoms with E-state index in [1.807, 2.05) is 38.1 Å². The van der Waals surface area contributed by atoms with Crippen LogP contribution in [0.2, 0.25) is 0 Å². The molecule has 0 radical (unpaired) electrons. The van der Waals surface area contributed by atoms with Crippen LogP contribution >= 0.6 is 0 Å². The molecule has 1 N–H and O–H groups in total. The predicted molar refractivity (Wildman–Crippen MR) is 90.8 cm³/mol. The Morgan fingerprint density at radius 2 is 1.96 bits per heavy atom. The second-order valence-corrected chi connectivity index (χ2v) is 5.05. The van der Waals surface area contributed by atoms with Crippen LogP contribution in [0.3, 0.4) is 0 Å². The molecule has 120 valence electrons. The Bertz CT molecular complexity index is 732. The number of carbonyl (C=O) groups is 1. The van der Waals surface area contributed by atoms with E-state index in [1.54, 1.807) is 31.4 Å². The van der Waals surface area contributed by atoms with Gasteiger partial charge >= 0.3 is 5.97 Å². The summed E-state index contributed by atoms with van der Waals surface area (Å²) in [7, 11) is 1.58. The summed E-state index contributed by atoms with van der Waals surface area (Å²) in [5, 5.41) is 9.58. The summed E-state index contributed by atoms with van der Waals surface area (Å²) < 4.78 is 10.6. The minimum Gasteiger partial charge on any atom is -0.497 e. The van der Waals surface area contributed by atoms with Crippen LogP contribution in [0.4, 0.5) is 0 Å². The number of ether oxygens (including phenoxy) is 2. The molecule has 0 aliphatic carbocycles. The van der Waals surface area contributed by atoms with Crippen molar-refractivity contribution in [2.24, 2.45) is 0 Å². The smallest absolute Gasteiger partial charge is 0.336 e. The van der Waals surface area contributed by atoms with Gasteiger partial charge in [-0.2, -0.15) is 0 Å². The highest BCUT2D eigenvalue weighted by atomic mass is 16.5. The van der Waals surface area contributed by atoms with E-state index in [-0.39, 0.29) is 5.57 Å². The Hall–Kier alpha value is -2.75. The van der Waals surface area contributed by atoms with Gasteiger partial charge in [0.2, 0.25) is 0 Å². The highest BCUT2D eigenvalue weighted by molar-refractivity contribution is 6.21. The Morgan fingerprint density at radius 3 is 2.57 bits per heavy atom. The fraction of sp³-hybridized carbons (Fsp3) is 0.211. The number of rotatable bonds is 6. The molecular weight excluding hydrogens is 292 g/mol. The fourth-order valence-electron chi connectivity index (χ4n) is 2.35. The summed E-state index contributed by atoms with van der Waals surface area (Å²) in [6.07, 6.45) is 1.65. The largest absolute Gasteiger partial charge is 0.497 e. The molecule has 0 aromatic heterocycles. The molecule has 2 aromatic rings. The summed E-state index contributed by atoms with van der Waals surface area (Å²) in [6, 6.07) is 12.7. The molecule has 0 fully saturated rings. The van der Waals surface area contributed by atoms with Crippen molar-refractivity contribution < 1.29 is 19.4 Å². The Balaban J connectivity index is 2.46. The molecule has 23 heavy (non-hydrogen) atoms. The van der Waals surface area contributed by atoms with Crippen molar-refractivity contribution in [3.8, 4) is 11.5 Å². The highest BCUT2D eigenvalue weighted by Crippen LogP contribution is 2.26. The second kappa shape index (κ2) is 7.49. The van der Waals surface area contributed by atoms with Crippen molar-refractivity contribution in [1.29, 1.82) is 0 Å². The van der Waals surface area contributed by atoms with E-state index in [4.69, 9.17) is 9.47 Å². The molecule has 2 rings (SSSR count). The monoisotopic (exact) mass is 312 g/mol. The summed E-state index contributed by atoms with van der Waals surface area (Å²) in [5.41, 5.74) is 2.53. The van der Waals surface area contributed by atoms with E-state index < -0.39 is 5.97 Å². The number of aliphatic carboxylic acids is 1. The van der Waals surface area contributed by atoms with E-state index in [1.165, 1.54) is 0 Å². The molecule has 0 amide bonds. The topological polar surface area (TPSA) is 55.8 Å². The Kier molecular flexibility index (Phi) is 5.41. The van der Waals surface area contributed by atoms with Crippen LogP contribution < -0.4 is 9.47 Å². The SMILES string of the molecule is CCOc1ccc(/C(=C/c2cccc(OC)c2)C(=O)O)c(C)c1. The van der Waals surface area contributed by atoms with Crippen LogP contribution in [0.1, 0.15) is 23.6 Å². The quantitative estimate of drug-likeness (QED) is 0.646. The molecule has 2 aromatic carbocycles. The van der Waals surface area contributed by atoms with Gasteiger partial charge in [0, 0.05) is 0 Å². The summed E-state index contributed by atoms with van der Waals surface area (Å²) >= 11 is 0. The lowest BCUT2D eigenvalue weighted by molar-refractivity contribution is -0.130. The van der Waals surface area contributed by atoms with Gasteiger partial charge in [-0.3, -0.25) is 0 Å². The van der Waals surface area contributed by atoms with Gasteiger partial charge in [0.25, 0.3) is 0 Å². The van der Waals surface area contributed by atoms with Gasteiger partial charge in [0.15, 0.2) is 0 Å². The third-order valence-electron chi connectivity index (χ3n) is 3.43. The third-order valence-corrected chi connectivity index (χ3v) is 3.43. The molecule has 0 bridgehead atoms. The van der Waals surface area contributed by atoms with Crippen molar-refractivity contribution in [3.05, 3.63) is 59.2 Å². The minimum atomic E-state index is -0.972. The number of benzene rings is 2. The predicted octanol–water partition coefficient (Wildman–Crippen LogP) is 4.03. The highest BCUT2D eigenvalue weighted by Gasteiger charge is 2.14. The molecular formula is C19H20O4. The number of aryl methyl sites for hydroxylation is 1.